The molecule has 0 saturated heterocycles. The van der Waals surface area contributed by atoms with Gasteiger partial charge in [-0.25, -0.2) is 5.01 Å². The molecular formula is C22H16ClN3O3. The number of fused-ring (bicyclic) bond motifs is 3. The zero-order valence-corrected chi connectivity index (χ0v) is 16.0. The van der Waals surface area contributed by atoms with E-state index in [0.717, 1.165) is 22.6 Å². The third-order valence-electron chi connectivity index (χ3n) is 5.25. The molecule has 5 rings (SSSR count). The average molecular weight is 406 g/mol. The van der Waals surface area contributed by atoms with Crippen molar-refractivity contribution in [2.75, 3.05) is 0 Å². The van der Waals surface area contributed by atoms with Gasteiger partial charge in [-0.3, -0.25) is 10.1 Å². The van der Waals surface area contributed by atoms with E-state index in [1.807, 2.05) is 59.6 Å². The fourth-order valence-corrected chi connectivity index (χ4v) is 4.15. The van der Waals surface area contributed by atoms with Crippen LogP contribution in [0.5, 0.6) is 5.75 Å². The van der Waals surface area contributed by atoms with Gasteiger partial charge in [-0.2, -0.15) is 5.10 Å². The second kappa shape index (κ2) is 6.90. The van der Waals surface area contributed by atoms with Crippen LogP contribution < -0.4 is 4.74 Å². The summed E-state index contributed by atoms with van der Waals surface area (Å²) in [6, 6.07) is 21.9. The van der Waals surface area contributed by atoms with E-state index in [-0.39, 0.29) is 11.7 Å². The van der Waals surface area contributed by atoms with Gasteiger partial charge in [-0.1, -0.05) is 60.1 Å². The maximum absolute atomic E-state index is 11.2. The average Bonchev–Trinajstić information content (AvgIpc) is 3.19. The summed E-state index contributed by atoms with van der Waals surface area (Å²) in [5, 5.41) is 18.6. The van der Waals surface area contributed by atoms with Gasteiger partial charge in [-0.05, 0) is 12.1 Å². The van der Waals surface area contributed by atoms with Crippen molar-refractivity contribution in [3.8, 4) is 5.75 Å². The number of benzene rings is 3. The van der Waals surface area contributed by atoms with E-state index in [0.29, 0.717) is 17.0 Å². The van der Waals surface area contributed by atoms with E-state index < -0.39 is 11.2 Å². The molecule has 29 heavy (non-hydrogen) atoms. The van der Waals surface area contributed by atoms with Crippen molar-refractivity contribution < 1.29 is 9.66 Å². The summed E-state index contributed by atoms with van der Waals surface area (Å²) < 4.78 is 6.24. The molecular weight excluding hydrogens is 390 g/mol. The smallest absolute Gasteiger partial charge is 0.269 e. The molecule has 0 fully saturated rings. The second-order valence-corrected chi connectivity index (χ2v) is 7.39. The largest absolute Gasteiger partial charge is 0.464 e. The lowest BCUT2D eigenvalue weighted by Gasteiger charge is -2.38. The summed E-state index contributed by atoms with van der Waals surface area (Å²) in [6.45, 7) is 0. The summed E-state index contributed by atoms with van der Waals surface area (Å²) >= 11 is 6.41. The van der Waals surface area contributed by atoms with Gasteiger partial charge in [0.25, 0.3) is 5.69 Å². The lowest BCUT2D eigenvalue weighted by atomic mass is 9.96. The minimum Gasteiger partial charge on any atom is -0.464 e. The lowest BCUT2D eigenvalue weighted by molar-refractivity contribution is -0.385. The van der Waals surface area contributed by atoms with Gasteiger partial charge in [0.1, 0.15) is 5.75 Å². The van der Waals surface area contributed by atoms with Crippen LogP contribution >= 0.6 is 11.6 Å². The highest BCUT2D eigenvalue weighted by molar-refractivity contribution is 6.34. The van der Waals surface area contributed by atoms with Crippen molar-refractivity contribution >= 4 is 23.0 Å². The predicted molar refractivity (Wildman–Crippen MR) is 110 cm³/mol. The van der Waals surface area contributed by atoms with Gasteiger partial charge in [-0.15, -0.1) is 0 Å². The first kappa shape index (κ1) is 17.7. The van der Waals surface area contributed by atoms with Gasteiger partial charge < -0.3 is 4.74 Å². The number of para-hydroxylation sites is 1. The zero-order valence-electron chi connectivity index (χ0n) is 15.2. The molecule has 0 aliphatic carbocycles. The summed E-state index contributed by atoms with van der Waals surface area (Å²) in [4.78, 5) is 10.8. The van der Waals surface area contributed by atoms with E-state index in [4.69, 9.17) is 21.4 Å². The van der Waals surface area contributed by atoms with E-state index in [2.05, 4.69) is 0 Å². The highest BCUT2D eigenvalue weighted by Crippen LogP contribution is 2.47. The molecule has 2 aliphatic rings. The summed E-state index contributed by atoms with van der Waals surface area (Å²) in [5.74, 6) is 0.765. The molecule has 144 valence electrons. The monoisotopic (exact) mass is 405 g/mol. The number of hydrogen-bond donors (Lipinski definition) is 0. The van der Waals surface area contributed by atoms with Gasteiger partial charge in [0.2, 0.25) is 6.23 Å². The molecule has 3 aromatic rings. The van der Waals surface area contributed by atoms with E-state index in [1.165, 1.54) is 6.07 Å². The SMILES string of the molecule is O=[N+]([O-])c1cccc([C@@H]2Oc3ccccc3[C@H]3CC(c4ccccc4Cl)=NN32)c1. The molecule has 2 heterocycles. The van der Waals surface area contributed by atoms with Crippen LogP contribution in [0.15, 0.2) is 77.9 Å². The van der Waals surface area contributed by atoms with Crippen molar-refractivity contribution in [2.45, 2.75) is 18.7 Å². The van der Waals surface area contributed by atoms with Gasteiger partial charge in [0.05, 0.1) is 16.7 Å². The van der Waals surface area contributed by atoms with Crippen LogP contribution in [-0.4, -0.2) is 15.6 Å². The Morgan fingerprint density at radius 3 is 2.69 bits per heavy atom. The van der Waals surface area contributed by atoms with Crippen LogP contribution in [0.25, 0.3) is 0 Å². The molecule has 3 aromatic carbocycles. The van der Waals surface area contributed by atoms with Crippen LogP contribution in [0.4, 0.5) is 5.69 Å². The fraction of sp³-hybridized carbons (Fsp3) is 0.136. The van der Waals surface area contributed by atoms with E-state index >= 15 is 0 Å². The minimum atomic E-state index is -0.560. The molecule has 0 spiro atoms. The number of hydrogen-bond acceptors (Lipinski definition) is 5. The molecule has 2 atom stereocenters. The van der Waals surface area contributed by atoms with Gasteiger partial charge in [0.15, 0.2) is 0 Å². The van der Waals surface area contributed by atoms with Crippen LogP contribution in [0.3, 0.4) is 0 Å². The quantitative estimate of drug-likeness (QED) is 0.426. The summed E-state index contributed by atoms with van der Waals surface area (Å²) in [7, 11) is 0. The van der Waals surface area contributed by atoms with Crippen LogP contribution in [-0.2, 0) is 0 Å². The second-order valence-electron chi connectivity index (χ2n) is 6.99. The van der Waals surface area contributed by atoms with Crippen LogP contribution in [0.2, 0.25) is 5.02 Å². The maximum atomic E-state index is 11.2. The molecule has 0 aromatic heterocycles. The standard InChI is InChI=1S/C22H16ClN3O3/c23-18-10-3-1-8-16(18)19-13-20-17-9-2-4-11-21(17)29-22(25(20)24-19)14-6-5-7-15(12-14)26(27)28/h1-12,20,22H,13H2/t20-,22+/m1/s1. The van der Waals surface area contributed by atoms with E-state index in [1.54, 1.807) is 12.1 Å². The zero-order chi connectivity index (χ0) is 20.0. The number of nitro benzene ring substituents is 1. The Kier molecular flexibility index (Phi) is 4.21. The third kappa shape index (κ3) is 3.02. The minimum absolute atomic E-state index is 0.0241. The Balaban J connectivity index is 1.61. The first-order chi connectivity index (χ1) is 14.1. The van der Waals surface area contributed by atoms with Crippen molar-refractivity contribution in [1.29, 1.82) is 0 Å². The Morgan fingerprint density at radius 1 is 1.07 bits per heavy atom. The van der Waals surface area contributed by atoms with Crippen molar-refractivity contribution in [1.82, 2.24) is 5.01 Å². The normalized spacial score (nSPS) is 19.8. The molecule has 7 heteroatoms. The number of nitrogens with zero attached hydrogens (tertiary/aromatic N) is 3. The molecule has 2 aliphatic heterocycles. The number of nitro groups is 1. The molecule has 0 N–H and O–H groups in total. The number of non-ortho nitro benzene ring substituents is 1. The Bertz CT molecular complexity index is 1150. The first-order valence-corrected chi connectivity index (χ1v) is 9.60. The van der Waals surface area contributed by atoms with Crippen molar-refractivity contribution in [3.63, 3.8) is 0 Å². The number of hydrazone groups is 1. The summed E-state index contributed by atoms with van der Waals surface area (Å²) in [6.07, 6.45) is 0.116. The first-order valence-electron chi connectivity index (χ1n) is 9.22. The lowest BCUT2D eigenvalue weighted by Crippen LogP contribution is -2.33. The molecule has 0 radical (unpaired) electrons. The maximum Gasteiger partial charge on any atom is 0.269 e. The highest BCUT2D eigenvalue weighted by atomic mass is 35.5. The Morgan fingerprint density at radius 2 is 1.86 bits per heavy atom. The predicted octanol–water partition coefficient (Wildman–Crippen LogP) is 5.49. The Labute approximate surface area is 172 Å². The molecule has 0 amide bonds. The fourth-order valence-electron chi connectivity index (χ4n) is 3.90. The van der Waals surface area contributed by atoms with Crippen LogP contribution in [0.1, 0.15) is 35.4 Å². The third-order valence-corrected chi connectivity index (χ3v) is 5.58. The topological polar surface area (TPSA) is 68.0 Å². The van der Waals surface area contributed by atoms with Gasteiger partial charge >= 0.3 is 0 Å². The number of halogens is 1. The Hall–Kier alpha value is -3.38. The summed E-state index contributed by atoms with van der Waals surface area (Å²) in [5.41, 5.74) is 3.51. The van der Waals surface area contributed by atoms with Crippen LogP contribution in [0, 0.1) is 10.1 Å². The van der Waals surface area contributed by atoms with Crippen molar-refractivity contribution in [3.05, 3.63) is 105 Å². The number of ether oxygens (including phenoxy) is 1. The molecule has 0 bridgehead atoms. The van der Waals surface area contributed by atoms with Crippen molar-refractivity contribution in [2.24, 2.45) is 5.10 Å². The molecule has 0 unspecified atom stereocenters. The molecule has 0 saturated carbocycles. The highest BCUT2D eigenvalue weighted by Gasteiger charge is 2.41. The molecule has 6 nitrogen and oxygen atoms in total. The van der Waals surface area contributed by atoms with E-state index in [9.17, 15) is 10.1 Å². The number of rotatable bonds is 3. The van der Waals surface area contributed by atoms with Gasteiger partial charge in [0, 0.05) is 40.3 Å².